The summed E-state index contributed by atoms with van der Waals surface area (Å²) in [7, 11) is 0. The van der Waals surface area contributed by atoms with Crippen molar-refractivity contribution in [2.45, 2.75) is 6.92 Å². The summed E-state index contributed by atoms with van der Waals surface area (Å²) in [6.07, 6.45) is 0. The molecular formula is C15H12BrFN2O. The molecule has 0 aliphatic rings. The van der Waals surface area contributed by atoms with Gasteiger partial charge in [-0.2, -0.15) is 5.10 Å². The summed E-state index contributed by atoms with van der Waals surface area (Å²) in [6, 6.07) is 12.9. The van der Waals surface area contributed by atoms with Gasteiger partial charge in [0.05, 0.1) is 5.71 Å². The molecule has 0 radical (unpaired) electrons. The molecule has 3 nitrogen and oxygen atoms in total. The van der Waals surface area contributed by atoms with E-state index in [0.29, 0.717) is 11.3 Å². The fourth-order valence-corrected chi connectivity index (χ4v) is 1.82. The van der Waals surface area contributed by atoms with E-state index in [1.807, 2.05) is 0 Å². The van der Waals surface area contributed by atoms with Crippen molar-refractivity contribution >= 4 is 27.5 Å². The van der Waals surface area contributed by atoms with E-state index in [0.717, 1.165) is 10.0 Å². The summed E-state index contributed by atoms with van der Waals surface area (Å²) < 4.78 is 13.7. The molecule has 2 aromatic rings. The fraction of sp³-hybridized carbons (Fsp3) is 0.0667. The average Bonchev–Trinajstić information content (AvgIpc) is 2.46. The Balaban J connectivity index is 2.06. The van der Waals surface area contributed by atoms with Gasteiger partial charge in [0.1, 0.15) is 5.82 Å². The first kappa shape index (κ1) is 14.4. The number of hydrogen-bond acceptors (Lipinski definition) is 2. The van der Waals surface area contributed by atoms with Gasteiger partial charge in [-0.15, -0.1) is 0 Å². The van der Waals surface area contributed by atoms with Crippen molar-refractivity contribution in [1.29, 1.82) is 0 Å². The minimum atomic E-state index is -0.305. The van der Waals surface area contributed by atoms with Crippen LogP contribution in [0.2, 0.25) is 0 Å². The molecule has 0 aliphatic carbocycles. The smallest absolute Gasteiger partial charge is 0.267 e. The van der Waals surface area contributed by atoms with Gasteiger partial charge in [-0.3, -0.25) is 4.79 Å². The fourth-order valence-electron chi connectivity index (χ4n) is 1.56. The van der Waals surface area contributed by atoms with E-state index in [1.54, 1.807) is 43.3 Å². The molecule has 1 amide bonds. The topological polar surface area (TPSA) is 41.5 Å². The second-order valence-corrected chi connectivity index (χ2v) is 5.07. The van der Waals surface area contributed by atoms with Crippen molar-refractivity contribution in [2.75, 3.05) is 0 Å². The molecule has 0 atom stereocenters. The van der Waals surface area contributed by atoms with Gasteiger partial charge in [-0.05, 0) is 48.9 Å². The van der Waals surface area contributed by atoms with Gasteiger partial charge in [-0.25, -0.2) is 9.82 Å². The van der Waals surface area contributed by atoms with Crippen LogP contribution in [0.1, 0.15) is 22.8 Å². The number of hydrazone groups is 1. The first-order chi connectivity index (χ1) is 9.56. The average molecular weight is 335 g/mol. The van der Waals surface area contributed by atoms with E-state index in [1.165, 1.54) is 12.1 Å². The van der Waals surface area contributed by atoms with Gasteiger partial charge in [0.15, 0.2) is 0 Å². The number of carbonyl (C=O) groups excluding carboxylic acids is 1. The number of amides is 1. The van der Waals surface area contributed by atoms with Crippen molar-refractivity contribution in [1.82, 2.24) is 5.43 Å². The van der Waals surface area contributed by atoms with Crippen molar-refractivity contribution in [3.05, 3.63) is 69.9 Å². The molecule has 0 saturated heterocycles. The highest BCUT2D eigenvalue weighted by Crippen LogP contribution is 2.10. The Morgan fingerprint density at radius 2 is 1.60 bits per heavy atom. The van der Waals surface area contributed by atoms with E-state index in [9.17, 15) is 9.18 Å². The lowest BCUT2D eigenvalue weighted by molar-refractivity contribution is 0.0955. The molecule has 0 spiro atoms. The zero-order chi connectivity index (χ0) is 14.5. The molecule has 0 bridgehead atoms. The van der Waals surface area contributed by atoms with Crippen molar-refractivity contribution in [2.24, 2.45) is 5.10 Å². The Bertz CT molecular complexity index is 636. The van der Waals surface area contributed by atoms with Crippen LogP contribution >= 0.6 is 15.9 Å². The Morgan fingerprint density at radius 1 is 1.05 bits per heavy atom. The Morgan fingerprint density at radius 3 is 2.20 bits per heavy atom. The molecule has 0 saturated carbocycles. The summed E-state index contributed by atoms with van der Waals surface area (Å²) in [5.74, 6) is -0.598. The second-order valence-electron chi connectivity index (χ2n) is 4.15. The minimum absolute atomic E-state index is 0.293. The van der Waals surface area contributed by atoms with Gasteiger partial charge < -0.3 is 0 Å². The molecule has 0 heterocycles. The number of nitrogens with one attached hydrogen (secondary N) is 1. The molecule has 20 heavy (non-hydrogen) atoms. The van der Waals surface area contributed by atoms with E-state index in [2.05, 4.69) is 26.5 Å². The number of benzene rings is 2. The number of nitrogens with zero attached hydrogens (tertiary/aromatic N) is 1. The Kier molecular flexibility index (Phi) is 4.63. The maximum atomic E-state index is 12.8. The van der Waals surface area contributed by atoms with Crippen LogP contribution < -0.4 is 5.43 Å². The lowest BCUT2D eigenvalue weighted by atomic mass is 10.1. The third kappa shape index (κ3) is 3.74. The lowest BCUT2D eigenvalue weighted by Crippen LogP contribution is -2.19. The highest BCUT2D eigenvalue weighted by atomic mass is 79.9. The molecule has 1 N–H and O–H groups in total. The molecule has 2 rings (SSSR count). The summed E-state index contributed by atoms with van der Waals surface area (Å²) >= 11 is 3.30. The van der Waals surface area contributed by atoms with E-state index < -0.39 is 0 Å². The van der Waals surface area contributed by atoms with Gasteiger partial charge in [0.25, 0.3) is 5.91 Å². The van der Waals surface area contributed by atoms with Crippen LogP contribution in [0.5, 0.6) is 0 Å². The molecule has 5 heteroatoms. The van der Waals surface area contributed by atoms with Crippen LogP contribution in [0.4, 0.5) is 4.39 Å². The molecule has 0 aliphatic heterocycles. The Hall–Kier alpha value is -2.01. The maximum Gasteiger partial charge on any atom is 0.271 e. The monoisotopic (exact) mass is 334 g/mol. The molecule has 0 fully saturated rings. The summed E-state index contributed by atoms with van der Waals surface area (Å²) in [4.78, 5) is 11.9. The van der Waals surface area contributed by atoms with Crippen LogP contribution in [-0.4, -0.2) is 11.6 Å². The van der Waals surface area contributed by atoms with Crippen molar-refractivity contribution in [3.8, 4) is 0 Å². The SMILES string of the molecule is C/C(=N\NC(=O)c1ccc(Br)cc1)c1ccc(F)cc1. The number of halogens is 2. The summed E-state index contributed by atoms with van der Waals surface area (Å²) in [6.45, 7) is 1.75. The standard InChI is InChI=1S/C15H12BrFN2O/c1-10(11-4-8-14(17)9-5-11)18-19-15(20)12-2-6-13(16)7-3-12/h2-9H,1H3,(H,19,20)/b18-10+. The molecular weight excluding hydrogens is 323 g/mol. The van der Waals surface area contributed by atoms with Crippen molar-refractivity contribution < 1.29 is 9.18 Å². The predicted molar refractivity (Wildman–Crippen MR) is 80.2 cm³/mol. The zero-order valence-corrected chi connectivity index (χ0v) is 12.3. The zero-order valence-electron chi connectivity index (χ0n) is 10.7. The number of rotatable bonds is 3. The van der Waals surface area contributed by atoms with Gasteiger partial charge in [0.2, 0.25) is 0 Å². The second kappa shape index (κ2) is 6.43. The normalized spacial score (nSPS) is 11.2. The van der Waals surface area contributed by atoms with Crippen LogP contribution in [0.3, 0.4) is 0 Å². The minimum Gasteiger partial charge on any atom is -0.267 e. The van der Waals surface area contributed by atoms with Gasteiger partial charge in [-0.1, -0.05) is 28.1 Å². The van der Waals surface area contributed by atoms with E-state index in [4.69, 9.17) is 0 Å². The highest BCUT2D eigenvalue weighted by molar-refractivity contribution is 9.10. The largest absolute Gasteiger partial charge is 0.271 e. The quantitative estimate of drug-likeness (QED) is 0.674. The maximum absolute atomic E-state index is 12.8. The van der Waals surface area contributed by atoms with Crippen LogP contribution in [0.15, 0.2) is 58.1 Å². The molecule has 2 aromatic carbocycles. The lowest BCUT2D eigenvalue weighted by Gasteiger charge is -2.03. The van der Waals surface area contributed by atoms with E-state index in [-0.39, 0.29) is 11.7 Å². The third-order valence-electron chi connectivity index (χ3n) is 2.69. The predicted octanol–water partition coefficient (Wildman–Crippen LogP) is 3.74. The van der Waals surface area contributed by atoms with Crippen LogP contribution in [-0.2, 0) is 0 Å². The van der Waals surface area contributed by atoms with Crippen LogP contribution in [0, 0.1) is 5.82 Å². The van der Waals surface area contributed by atoms with Crippen LogP contribution in [0.25, 0.3) is 0 Å². The first-order valence-electron chi connectivity index (χ1n) is 5.92. The molecule has 0 aromatic heterocycles. The summed E-state index contributed by atoms with van der Waals surface area (Å²) in [5.41, 5.74) is 4.35. The number of hydrogen-bond donors (Lipinski definition) is 1. The van der Waals surface area contributed by atoms with Gasteiger partial charge in [0, 0.05) is 10.0 Å². The van der Waals surface area contributed by atoms with Gasteiger partial charge >= 0.3 is 0 Å². The third-order valence-corrected chi connectivity index (χ3v) is 3.22. The first-order valence-corrected chi connectivity index (χ1v) is 6.72. The summed E-state index contributed by atoms with van der Waals surface area (Å²) in [5, 5.41) is 4.01. The Labute approximate surface area is 124 Å². The van der Waals surface area contributed by atoms with E-state index >= 15 is 0 Å². The number of carbonyl (C=O) groups is 1. The molecule has 0 unspecified atom stereocenters. The van der Waals surface area contributed by atoms with Crippen molar-refractivity contribution in [3.63, 3.8) is 0 Å². The highest BCUT2D eigenvalue weighted by Gasteiger charge is 2.04. The molecule has 102 valence electrons.